The molecule has 0 heterocycles. The minimum atomic E-state index is -0.977. The van der Waals surface area contributed by atoms with Crippen LogP contribution in [-0.2, 0) is 19.1 Å². The standard InChI is InChI=1S/C32H48O6/c1-18(2)9-8-12-31(27(36)37)17-32(31)24-15-23(35)26-28(5)13-11-22(34)19(3)21(28)10-14-29(26,6)30(24,7)16-25(32)38-20(4)33/h9,19,21-22,24-26,34H,8,10-17H2,1-7H3,(H,36,37)/t19-,21-,22+,24+,25-,26?,28-,29-,30-,31+,32+/m0/s1. The van der Waals surface area contributed by atoms with Gasteiger partial charge in [0.25, 0.3) is 0 Å². The number of rotatable bonds is 5. The van der Waals surface area contributed by atoms with Crippen LogP contribution in [0, 0.1) is 50.7 Å². The van der Waals surface area contributed by atoms with Crippen LogP contribution in [0.25, 0.3) is 0 Å². The van der Waals surface area contributed by atoms with Crippen molar-refractivity contribution in [1.29, 1.82) is 0 Å². The molecule has 0 aromatic heterocycles. The molecule has 1 unspecified atom stereocenters. The highest BCUT2D eigenvalue weighted by Gasteiger charge is 2.86. The average Bonchev–Trinajstić information content (AvgIpc) is 3.42. The third kappa shape index (κ3) is 3.37. The second-order valence-electron chi connectivity index (χ2n) is 14.8. The first-order chi connectivity index (χ1) is 17.6. The van der Waals surface area contributed by atoms with Gasteiger partial charge in [-0.2, -0.15) is 0 Å². The molecule has 0 aromatic rings. The Labute approximate surface area is 228 Å². The zero-order valence-corrected chi connectivity index (χ0v) is 24.4. The van der Waals surface area contributed by atoms with Gasteiger partial charge in [0.05, 0.1) is 11.5 Å². The van der Waals surface area contributed by atoms with Crippen molar-refractivity contribution < 1.29 is 29.3 Å². The molecule has 0 bridgehead atoms. The monoisotopic (exact) mass is 528 g/mol. The second-order valence-corrected chi connectivity index (χ2v) is 14.8. The van der Waals surface area contributed by atoms with Gasteiger partial charge in [-0.05, 0) is 99.2 Å². The molecule has 11 atom stereocenters. The van der Waals surface area contributed by atoms with Crippen molar-refractivity contribution in [2.45, 2.75) is 118 Å². The average molecular weight is 529 g/mol. The topological polar surface area (TPSA) is 101 Å². The largest absolute Gasteiger partial charge is 0.481 e. The van der Waals surface area contributed by atoms with E-state index >= 15 is 0 Å². The van der Waals surface area contributed by atoms with Gasteiger partial charge in [-0.1, -0.05) is 39.3 Å². The number of allylic oxidation sites excluding steroid dienone is 2. The Morgan fingerprint density at radius 3 is 2.37 bits per heavy atom. The summed E-state index contributed by atoms with van der Waals surface area (Å²) in [7, 11) is 0. The van der Waals surface area contributed by atoms with Crippen LogP contribution in [0.5, 0.6) is 0 Å². The van der Waals surface area contributed by atoms with Crippen LogP contribution in [-0.4, -0.2) is 40.1 Å². The van der Waals surface area contributed by atoms with Gasteiger partial charge >= 0.3 is 11.9 Å². The van der Waals surface area contributed by atoms with Gasteiger partial charge in [0.1, 0.15) is 11.9 Å². The first kappa shape index (κ1) is 27.9. The Bertz CT molecular complexity index is 1080. The molecule has 5 aliphatic rings. The van der Waals surface area contributed by atoms with Crippen LogP contribution in [0.3, 0.4) is 0 Å². The van der Waals surface area contributed by atoms with Crippen LogP contribution in [0.2, 0.25) is 0 Å². The third-order valence-corrected chi connectivity index (χ3v) is 13.1. The number of ketones is 1. The van der Waals surface area contributed by atoms with E-state index in [0.717, 1.165) is 31.3 Å². The number of Topliss-reactive ketones (excluding diaryl/α,β-unsaturated/α-hetero) is 1. The van der Waals surface area contributed by atoms with Crippen molar-refractivity contribution in [2.75, 3.05) is 0 Å². The minimum absolute atomic E-state index is 0.123. The lowest BCUT2D eigenvalue weighted by molar-refractivity contribution is -0.203. The predicted octanol–water partition coefficient (Wildman–Crippen LogP) is 5.95. The summed E-state index contributed by atoms with van der Waals surface area (Å²) in [5.41, 5.74) is -1.32. The van der Waals surface area contributed by atoms with E-state index in [9.17, 15) is 24.6 Å². The Kier molecular flexibility index (Phi) is 6.34. The van der Waals surface area contributed by atoms with E-state index in [1.807, 2.05) is 13.8 Å². The number of fused-ring (bicyclic) bond motifs is 6. The van der Waals surface area contributed by atoms with Crippen LogP contribution in [0.4, 0.5) is 0 Å². The fourth-order valence-corrected chi connectivity index (χ4v) is 11.2. The maximum atomic E-state index is 14.4. The van der Waals surface area contributed by atoms with E-state index in [2.05, 4.69) is 33.8 Å². The predicted molar refractivity (Wildman–Crippen MR) is 144 cm³/mol. The van der Waals surface area contributed by atoms with E-state index in [1.165, 1.54) is 6.92 Å². The minimum Gasteiger partial charge on any atom is -0.481 e. The van der Waals surface area contributed by atoms with Crippen LogP contribution in [0.1, 0.15) is 106 Å². The van der Waals surface area contributed by atoms with Crippen LogP contribution < -0.4 is 0 Å². The highest BCUT2D eigenvalue weighted by atomic mass is 16.5. The second kappa shape index (κ2) is 8.65. The first-order valence-corrected chi connectivity index (χ1v) is 14.9. The lowest BCUT2D eigenvalue weighted by Gasteiger charge is -2.67. The molecule has 0 amide bonds. The summed E-state index contributed by atoms with van der Waals surface area (Å²) in [4.78, 5) is 39.8. The molecule has 0 radical (unpaired) electrons. The molecule has 2 N–H and O–H groups in total. The fraction of sp³-hybridized carbons (Fsp3) is 0.844. The molecular weight excluding hydrogens is 480 g/mol. The normalized spacial score (nSPS) is 51.0. The zero-order valence-electron chi connectivity index (χ0n) is 24.4. The van der Waals surface area contributed by atoms with E-state index in [-0.39, 0.29) is 51.9 Å². The van der Waals surface area contributed by atoms with Crippen molar-refractivity contribution in [3.05, 3.63) is 11.6 Å². The van der Waals surface area contributed by atoms with Gasteiger partial charge < -0.3 is 14.9 Å². The van der Waals surface area contributed by atoms with Gasteiger partial charge in [-0.25, -0.2) is 0 Å². The quantitative estimate of drug-likeness (QED) is 0.338. The molecule has 5 rings (SSSR count). The lowest BCUT2D eigenvalue weighted by Crippen LogP contribution is -2.65. The number of carboxylic acids is 1. The first-order valence-electron chi connectivity index (χ1n) is 14.9. The molecule has 5 aliphatic carbocycles. The number of hydrogen-bond donors (Lipinski definition) is 2. The molecule has 1 spiro atoms. The molecule has 0 aromatic carbocycles. The molecular formula is C32H48O6. The van der Waals surface area contributed by atoms with Crippen LogP contribution >= 0.6 is 0 Å². The van der Waals surface area contributed by atoms with E-state index in [0.29, 0.717) is 38.0 Å². The molecule has 0 saturated heterocycles. The summed E-state index contributed by atoms with van der Waals surface area (Å²) in [5.74, 6) is -0.694. The van der Waals surface area contributed by atoms with Crippen molar-refractivity contribution in [1.82, 2.24) is 0 Å². The van der Waals surface area contributed by atoms with Crippen molar-refractivity contribution in [2.24, 2.45) is 50.7 Å². The summed E-state index contributed by atoms with van der Waals surface area (Å²) >= 11 is 0. The number of esters is 1. The highest BCUT2D eigenvalue weighted by Crippen LogP contribution is 2.85. The zero-order chi connectivity index (χ0) is 28.1. The molecule has 6 nitrogen and oxygen atoms in total. The fourth-order valence-electron chi connectivity index (χ4n) is 11.2. The van der Waals surface area contributed by atoms with Crippen molar-refractivity contribution in [3.8, 4) is 0 Å². The molecule has 5 fully saturated rings. The van der Waals surface area contributed by atoms with Crippen molar-refractivity contribution in [3.63, 3.8) is 0 Å². The summed E-state index contributed by atoms with van der Waals surface area (Å²) in [6.45, 7) is 14.5. The maximum absolute atomic E-state index is 14.4. The van der Waals surface area contributed by atoms with Gasteiger partial charge in [0.15, 0.2) is 0 Å². The highest BCUT2D eigenvalue weighted by molar-refractivity contribution is 5.87. The molecule has 38 heavy (non-hydrogen) atoms. The number of aliphatic hydroxyl groups is 1. The number of aliphatic carboxylic acids is 1. The van der Waals surface area contributed by atoms with E-state index in [4.69, 9.17) is 4.74 Å². The Morgan fingerprint density at radius 1 is 1.08 bits per heavy atom. The van der Waals surface area contributed by atoms with Gasteiger partial charge in [-0.3, -0.25) is 14.4 Å². The Balaban J connectivity index is 1.59. The summed E-state index contributed by atoms with van der Waals surface area (Å²) < 4.78 is 6.04. The number of hydrogen-bond acceptors (Lipinski definition) is 5. The lowest BCUT2D eigenvalue weighted by atomic mass is 9.36. The number of carbonyl (C=O) groups is 3. The van der Waals surface area contributed by atoms with Gasteiger partial charge in [0.2, 0.25) is 0 Å². The maximum Gasteiger partial charge on any atom is 0.310 e. The molecule has 212 valence electrons. The third-order valence-electron chi connectivity index (χ3n) is 13.1. The number of ether oxygens (including phenoxy) is 1. The molecule has 0 aliphatic heterocycles. The summed E-state index contributed by atoms with van der Waals surface area (Å²) in [6, 6.07) is 0. The Hall–Kier alpha value is -1.69. The Morgan fingerprint density at radius 2 is 1.76 bits per heavy atom. The number of carboxylic acid groups (broad SMARTS) is 1. The summed E-state index contributed by atoms with van der Waals surface area (Å²) in [6.07, 6.45) is 7.33. The van der Waals surface area contributed by atoms with Gasteiger partial charge in [0, 0.05) is 24.7 Å². The number of aliphatic hydroxyl groups excluding tert-OH is 1. The van der Waals surface area contributed by atoms with E-state index < -0.39 is 22.9 Å². The molecule has 5 saturated carbocycles. The summed E-state index contributed by atoms with van der Waals surface area (Å²) in [5, 5.41) is 21.3. The smallest absolute Gasteiger partial charge is 0.310 e. The van der Waals surface area contributed by atoms with Crippen molar-refractivity contribution >= 4 is 17.7 Å². The van der Waals surface area contributed by atoms with Crippen LogP contribution in [0.15, 0.2) is 11.6 Å². The SMILES string of the molecule is CC(=O)O[C@H]1C[C@@]2(C)[C@@H](CC(=O)C3[C@]2(C)CC[C@H]2[C@H](C)[C@H](O)CC[C@]32C)[C@]12C[C@]2(CCC=C(C)C)C(=O)O. The molecule has 6 heteroatoms. The van der Waals surface area contributed by atoms with E-state index in [1.54, 1.807) is 0 Å². The van der Waals surface area contributed by atoms with Gasteiger partial charge in [-0.15, -0.1) is 0 Å². The number of carbonyl (C=O) groups excluding carboxylic acids is 2.